The lowest BCUT2D eigenvalue weighted by Gasteiger charge is -2.13. The van der Waals surface area contributed by atoms with E-state index in [-0.39, 0.29) is 24.3 Å². The van der Waals surface area contributed by atoms with E-state index in [0.717, 1.165) is 28.6 Å². The fourth-order valence-electron chi connectivity index (χ4n) is 2.65. The smallest absolute Gasteiger partial charge is 0.293 e. The minimum absolute atomic E-state index is 0.207. The molecular formula is C22H21NO4S. The number of carbonyl (C=O) groups is 2. The number of carbonyl (C=O) groups excluding carboxylic acids is 2. The van der Waals surface area contributed by atoms with Crippen LogP contribution < -0.4 is 9.47 Å². The Balaban J connectivity index is 1.62. The van der Waals surface area contributed by atoms with Gasteiger partial charge in [0, 0.05) is 0 Å². The predicted molar refractivity (Wildman–Crippen MR) is 111 cm³/mol. The van der Waals surface area contributed by atoms with Gasteiger partial charge in [-0.3, -0.25) is 14.5 Å². The summed E-state index contributed by atoms with van der Waals surface area (Å²) in [6, 6.07) is 15.0. The van der Waals surface area contributed by atoms with E-state index in [9.17, 15) is 9.59 Å². The van der Waals surface area contributed by atoms with Crippen LogP contribution in [0.25, 0.3) is 6.08 Å². The van der Waals surface area contributed by atoms with Crippen LogP contribution in [0.4, 0.5) is 4.79 Å². The third kappa shape index (κ3) is 5.04. The zero-order valence-corrected chi connectivity index (χ0v) is 16.4. The zero-order valence-electron chi connectivity index (χ0n) is 15.6. The molecule has 144 valence electrons. The van der Waals surface area contributed by atoms with Crippen LogP contribution in [-0.2, 0) is 4.79 Å². The summed E-state index contributed by atoms with van der Waals surface area (Å²) < 4.78 is 11.2. The summed E-state index contributed by atoms with van der Waals surface area (Å²) in [6.07, 6.45) is 3.37. The molecule has 1 fully saturated rings. The summed E-state index contributed by atoms with van der Waals surface area (Å²) in [5, 5.41) is -0.289. The minimum Gasteiger partial charge on any atom is -0.492 e. The molecule has 2 amide bonds. The number of hydrogen-bond acceptors (Lipinski definition) is 5. The van der Waals surface area contributed by atoms with Crippen LogP contribution in [0.5, 0.6) is 11.5 Å². The van der Waals surface area contributed by atoms with Crippen molar-refractivity contribution in [1.82, 2.24) is 4.90 Å². The molecule has 0 aliphatic carbocycles. The standard InChI is InChI=1S/C22H21NO4S/c1-3-11-26-19-9-5-7-17(14-19)15-20-21(24)23(22(25)28-20)10-12-27-18-8-4-6-16(2)13-18/h3-9,13-15H,1,10-12H2,2H3/b20-15-. The Hall–Kier alpha value is -2.99. The molecule has 0 unspecified atom stereocenters. The van der Waals surface area contributed by atoms with Gasteiger partial charge in [-0.25, -0.2) is 0 Å². The highest BCUT2D eigenvalue weighted by Crippen LogP contribution is 2.32. The highest BCUT2D eigenvalue weighted by molar-refractivity contribution is 8.18. The van der Waals surface area contributed by atoms with Crippen LogP contribution in [0, 0.1) is 6.92 Å². The third-order valence-corrected chi connectivity index (χ3v) is 4.88. The largest absolute Gasteiger partial charge is 0.492 e. The molecule has 2 aromatic carbocycles. The van der Waals surface area contributed by atoms with E-state index in [2.05, 4.69) is 6.58 Å². The Labute approximate surface area is 168 Å². The van der Waals surface area contributed by atoms with Gasteiger partial charge in [0.25, 0.3) is 11.1 Å². The molecule has 0 spiro atoms. The highest BCUT2D eigenvalue weighted by Gasteiger charge is 2.34. The number of hydrogen-bond donors (Lipinski definition) is 0. The second-order valence-corrected chi connectivity index (χ2v) is 7.16. The molecule has 5 nitrogen and oxygen atoms in total. The van der Waals surface area contributed by atoms with Crippen molar-refractivity contribution in [1.29, 1.82) is 0 Å². The molecule has 1 aliphatic rings. The highest BCUT2D eigenvalue weighted by atomic mass is 32.2. The Kier molecular flexibility index (Phi) is 6.55. The summed E-state index contributed by atoms with van der Waals surface area (Å²) in [7, 11) is 0. The van der Waals surface area contributed by atoms with Crippen molar-refractivity contribution in [2.24, 2.45) is 0 Å². The number of rotatable bonds is 8. The third-order valence-electron chi connectivity index (χ3n) is 3.97. The number of aryl methyl sites for hydroxylation is 1. The van der Waals surface area contributed by atoms with Crippen molar-refractivity contribution in [3.63, 3.8) is 0 Å². The summed E-state index contributed by atoms with van der Waals surface area (Å²) in [5.74, 6) is 1.10. The zero-order chi connectivity index (χ0) is 19.9. The molecule has 0 radical (unpaired) electrons. The van der Waals surface area contributed by atoms with Crippen molar-refractivity contribution in [2.45, 2.75) is 6.92 Å². The summed E-state index contributed by atoms with van der Waals surface area (Å²) in [5.41, 5.74) is 1.88. The first kappa shape index (κ1) is 19.8. The van der Waals surface area contributed by atoms with E-state index in [1.54, 1.807) is 12.2 Å². The fourth-order valence-corrected chi connectivity index (χ4v) is 3.52. The summed E-state index contributed by atoms with van der Waals surface area (Å²) in [4.78, 5) is 26.4. The predicted octanol–water partition coefficient (Wildman–Crippen LogP) is 4.68. The van der Waals surface area contributed by atoms with E-state index in [1.165, 1.54) is 4.90 Å². The molecule has 2 aromatic rings. The molecule has 0 N–H and O–H groups in total. The monoisotopic (exact) mass is 395 g/mol. The number of benzene rings is 2. The van der Waals surface area contributed by atoms with Crippen LogP contribution >= 0.6 is 11.8 Å². The first-order chi connectivity index (χ1) is 13.6. The molecule has 0 atom stereocenters. The molecule has 3 rings (SSSR count). The quantitative estimate of drug-likeness (QED) is 0.480. The van der Waals surface area contributed by atoms with Crippen LogP contribution in [0.3, 0.4) is 0 Å². The topological polar surface area (TPSA) is 55.8 Å². The molecule has 0 saturated carbocycles. The number of ether oxygens (including phenoxy) is 2. The second-order valence-electron chi connectivity index (χ2n) is 6.17. The summed E-state index contributed by atoms with van der Waals surface area (Å²) in [6.45, 7) is 6.46. The maximum Gasteiger partial charge on any atom is 0.293 e. The molecule has 0 aromatic heterocycles. The number of nitrogens with zero attached hydrogens (tertiary/aromatic N) is 1. The number of thioether (sulfide) groups is 1. The molecule has 1 saturated heterocycles. The van der Waals surface area contributed by atoms with Crippen molar-refractivity contribution in [3.8, 4) is 11.5 Å². The Morgan fingerprint density at radius 3 is 2.57 bits per heavy atom. The maximum absolute atomic E-state index is 12.6. The van der Waals surface area contributed by atoms with Gasteiger partial charge in [-0.1, -0.05) is 36.9 Å². The number of imide groups is 1. The van der Waals surface area contributed by atoms with Gasteiger partial charge in [0.15, 0.2) is 0 Å². The molecule has 28 heavy (non-hydrogen) atoms. The van der Waals surface area contributed by atoms with Gasteiger partial charge < -0.3 is 9.47 Å². The van der Waals surface area contributed by atoms with E-state index in [4.69, 9.17) is 9.47 Å². The molecule has 6 heteroatoms. The molecular weight excluding hydrogens is 374 g/mol. The molecule has 0 bridgehead atoms. The van der Waals surface area contributed by atoms with Crippen LogP contribution in [0.15, 0.2) is 66.1 Å². The summed E-state index contributed by atoms with van der Waals surface area (Å²) >= 11 is 0.935. The number of amides is 2. The minimum atomic E-state index is -0.305. The lowest BCUT2D eigenvalue weighted by atomic mass is 10.2. The SMILES string of the molecule is C=CCOc1cccc(/C=C2\SC(=O)N(CCOc3cccc(C)c3)C2=O)c1. The van der Waals surface area contributed by atoms with Crippen LogP contribution in [0.2, 0.25) is 0 Å². The van der Waals surface area contributed by atoms with Crippen LogP contribution in [-0.4, -0.2) is 35.8 Å². The van der Waals surface area contributed by atoms with Gasteiger partial charge in [0.2, 0.25) is 0 Å². The molecule has 1 aliphatic heterocycles. The van der Waals surface area contributed by atoms with E-state index in [1.807, 2.05) is 55.5 Å². The first-order valence-electron chi connectivity index (χ1n) is 8.85. The fraction of sp³-hybridized carbons (Fsp3) is 0.182. The average Bonchev–Trinajstić information content (AvgIpc) is 2.94. The van der Waals surface area contributed by atoms with Gasteiger partial charge >= 0.3 is 0 Å². The molecule has 1 heterocycles. The first-order valence-corrected chi connectivity index (χ1v) is 9.67. The normalized spacial score (nSPS) is 15.2. The lowest BCUT2D eigenvalue weighted by Crippen LogP contribution is -2.32. The van der Waals surface area contributed by atoms with Crippen LogP contribution in [0.1, 0.15) is 11.1 Å². The average molecular weight is 395 g/mol. The van der Waals surface area contributed by atoms with Crippen molar-refractivity contribution in [2.75, 3.05) is 19.8 Å². The Morgan fingerprint density at radius 2 is 1.82 bits per heavy atom. The van der Waals surface area contributed by atoms with E-state index >= 15 is 0 Å². The van der Waals surface area contributed by atoms with Crippen molar-refractivity contribution < 1.29 is 19.1 Å². The van der Waals surface area contributed by atoms with Gasteiger partial charge in [-0.2, -0.15) is 0 Å². The van der Waals surface area contributed by atoms with E-state index in [0.29, 0.717) is 17.3 Å². The van der Waals surface area contributed by atoms with Gasteiger partial charge in [0.05, 0.1) is 11.4 Å². The van der Waals surface area contributed by atoms with Crippen molar-refractivity contribution >= 4 is 29.0 Å². The Bertz CT molecular complexity index is 922. The Morgan fingerprint density at radius 1 is 1.07 bits per heavy atom. The van der Waals surface area contributed by atoms with E-state index < -0.39 is 0 Å². The van der Waals surface area contributed by atoms with Gasteiger partial charge in [-0.05, 0) is 60.2 Å². The second kappa shape index (κ2) is 9.28. The maximum atomic E-state index is 12.6. The van der Waals surface area contributed by atoms with Crippen molar-refractivity contribution in [3.05, 3.63) is 77.2 Å². The van der Waals surface area contributed by atoms with Gasteiger partial charge in [-0.15, -0.1) is 0 Å². The lowest BCUT2D eigenvalue weighted by molar-refractivity contribution is -0.123. The van der Waals surface area contributed by atoms with Gasteiger partial charge in [0.1, 0.15) is 24.7 Å².